The van der Waals surface area contributed by atoms with Crippen LogP contribution in [0, 0.1) is 18.8 Å². The monoisotopic (exact) mass is 238 g/mol. The van der Waals surface area contributed by atoms with Gasteiger partial charge in [-0.15, -0.1) is 11.3 Å². The van der Waals surface area contributed by atoms with Crippen molar-refractivity contribution in [1.82, 2.24) is 0 Å². The topological polar surface area (TPSA) is 20.2 Å². The Bertz CT molecular complexity index is 331. The van der Waals surface area contributed by atoms with Crippen LogP contribution in [0.25, 0.3) is 0 Å². The molecular weight excluding hydrogens is 216 g/mol. The van der Waals surface area contributed by atoms with Crippen LogP contribution < -0.4 is 0 Å². The van der Waals surface area contributed by atoms with Gasteiger partial charge in [-0.05, 0) is 48.6 Å². The first-order valence-corrected chi connectivity index (χ1v) is 7.32. The Morgan fingerprint density at radius 2 is 2.31 bits per heavy atom. The predicted octanol–water partition coefficient (Wildman–Crippen LogP) is 4.31. The summed E-state index contributed by atoms with van der Waals surface area (Å²) < 4.78 is 0. The van der Waals surface area contributed by atoms with E-state index in [0.717, 1.165) is 5.92 Å². The zero-order valence-corrected chi connectivity index (χ0v) is 11.1. The van der Waals surface area contributed by atoms with Crippen molar-refractivity contribution in [3.63, 3.8) is 0 Å². The summed E-state index contributed by atoms with van der Waals surface area (Å²) in [6.07, 6.45) is 6.14. The maximum atomic E-state index is 10.4. The van der Waals surface area contributed by atoms with Crippen LogP contribution in [0.15, 0.2) is 11.4 Å². The van der Waals surface area contributed by atoms with Gasteiger partial charge in [-0.3, -0.25) is 0 Å². The molecular formula is C14H22OS. The Hall–Kier alpha value is -0.340. The Morgan fingerprint density at radius 3 is 2.94 bits per heavy atom. The lowest BCUT2D eigenvalue weighted by Gasteiger charge is -2.31. The Balaban J connectivity index is 2.04. The average Bonchev–Trinajstić information content (AvgIpc) is 2.74. The molecule has 2 heteroatoms. The second-order valence-electron chi connectivity index (χ2n) is 5.11. The number of thiophene rings is 1. The lowest BCUT2D eigenvalue weighted by Crippen LogP contribution is -2.21. The highest BCUT2D eigenvalue weighted by molar-refractivity contribution is 7.10. The van der Waals surface area contributed by atoms with E-state index in [4.69, 9.17) is 0 Å². The van der Waals surface area contributed by atoms with Crippen LogP contribution in [0.3, 0.4) is 0 Å². The molecule has 0 aliphatic heterocycles. The zero-order chi connectivity index (χ0) is 11.5. The summed E-state index contributed by atoms with van der Waals surface area (Å²) in [5.41, 5.74) is 1.26. The van der Waals surface area contributed by atoms with Gasteiger partial charge in [0.1, 0.15) is 0 Å². The average molecular weight is 238 g/mol. The molecule has 1 N–H and O–H groups in total. The Kier molecular flexibility index (Phi) is 4.04. The second-order valence-corrected chi connectivity index (χ2v) is 6.06. The first-order valence-electron chi connectivity index (χ1n) is 6.44. The first kappa shape index (κ1) is 12.1. The summed E-state index contributed by atoms with van der Waals surface area (Å²) in [5, 5.41) is 12.5. The molecule has 1 aliphatic rings. The highest BCUT2D eigenvalue weighted by atomic mass is 32.1. The van der Waals surface area contributed by atoms with Crippen molar-refractivity contribution in [2.75, 3.05) is 0 Å². The van der Waals surface area contributed by atoms with Crippen molar-refractivity contribution in [3.8, 4) is 0 Å². The molecule has 0 radical (unpaired) electrons. The van der Waals surface area contributed by atoms with Crippen molar-refractivity contribution in [1.29, 1.82) is 0 Å². The number of aliphatic hydroxyl groups is 1. The summed E-state index contributed by atoms with van der Waals surface area (Å²) >= 11 is 1.71. The van der Waals surface area contributed by atoms with Crippen LogP contribution in [-0.2, 0) is 0 Å². The van der Waals surface area contributed by atoms with Gasteiger partial charge in [-0.2, -0.15) is 0 Å². The molecule has 0 aromatic carbocycles. The van der Waals surface area contributed by atoms with Crippen molar-refractivity contribution < 1.29 is 5.11 Å². The van der Waals surface area contributed by atoms with Crippen LogP contribution in [0.2, 0.25) is 0 Å². The lowest BCUT2D eigenvalue weighted by atomic mass is 9.77. The van der Waals surface area contributed by atoms with E-state index in [-0.39, 0.29) is 6.10 Å². The molecule has 0 amide bonds. The summed E-state index contributed by atoms with van der Waals surface area (Å²) in [6.45, 7) is 4.38. The van der Waals surface area contributed by atoms with E-state index in [9.17, 15) is 5.11 Å². The van der Waals surface area contributed by atoms with Crippen LogP contribution in [0.5, 0.6) is 0 Å². The third-order valence-electron chi connectivity index (χ3n) is 4.02. The number of rotatable bonds is 3. The molecule has 3 unspecified atom stereocenters. The molecule has 1 aromatic heterocycles. The number of aryl methyl sites for hydroxylation is 1. The van der Waals surface area contributed by atoms with Crippen molar-refractivity contribution in [2.24, 2.45) is 11.8 Å². The fraction of sp³-hybridized carbons (Fsp3) is 0.714. The second kappa shape index (κ2) is 5.33. The van der Waals surface area contributed by atoms with Gasteiger partial charge in [0, 0.05) is 4.88 Å². The summed E-state index contributed by atoms with van der Waals surface area (Å²) in [4.78, 5) is 1.20. The molecule has 1 aromatic rings. The maximum absolute atomic E-state index is 10.4. The minimum Gasteiger partial charge on any atom is -0.387 e. The minimum atomic E-state index is -0.214. The Morgan fingerprint density at radius 1 is 1.50 bits per heavy atom. The molecule has 90 valence electrons. The minimum absolute atomic E-state index is 0.214. The normalized spacial score (nSPS) is 27.9. The van der Waals surface area contributed by atoms with Crippen molar-refractivity contribution in [3.05, 3.63) is 21.9 Å². The van der Waals surface area contributed by atoms with E-state index in [1.165, 1.54) is 42.5 Å². The van der Waals surface area contributed by atoms with Gasteiger partial charge in [0.2, 0.25) is 0 Å². The van der Waals surface area contributed by atoms with Crippen LogP contribution in [-0.4, -0.2) is 5.11 Å². The van der Waals surface area contributed by atoms with E-state index in [1.807, 2.05) is 0 Å². The van der Waals surface area contributed by atoms with E-state index in [2.05, 4.69) is 25.3 Å². The maximum Gasteiger partial charge on any atom is 0.0912 e. The number of hydrogen-bond donors (Lipinski definition) is 1. The lowest BCUT2D eigenvalue weighted by molar-refractivity contribution is 0.0701. The summed E-state index contributed by atoms with van der Waals surface area (Å²) in [7, 11) is 0. The van der Waals surface area contributed by atoms with Gasteiger partial charge in [-0.1, -0.05) is 26.2 Å². The molecule has 2 rings (SSSR count). The molecule has 1 nitrogen and oxygen atoms in total. The van der Waals surface area contributed by atoms with Gasteiger partial charge in [-0.25, -0.2) is 0 Å². The molecule has 0 spiro atoms. The molecule has 0 bridgehead atoms. The van der Waals surface area contributed by atoms with Crippen LogP contribution in [0.1, 0.15) is 55.6 Å². The van der Waals surface area contributed by atoms with E-state index >= 15 is 0 Å². The van der Waals surface area contributed by atoms with E-state index in [0.29, 0.717) is 5.92 Å². The third kappa shape index (κ3) is 2.49. The molecule has 1 heterocycles. The van der Waals surface area contributed by atoms with Crippen LogP contribution >= 0.6 is 11.3 Å². The largest absolute Gasteiger partial charge is 0.387 e. The third-order valence-corrected chi connectivity index (χ3v) is 5.11. The van der Waals surface area contributed by atoms with Gasteiger partial charge in [0.25, 0.3) is 0 Å². The molecule has 1 fully saturated rings. The van der Waals surface area contributed by atoms with Gasteiger partial charge < -0.3 is 5.11 Å². The van der Waals surface area contributed by atoms with E-state index < -0.39 is 0 Å². The highest BCUT2D eigenvalue weighted by Crippen LogP contribution is 2.40. The fourth-order valence-corrected chi connectivity index (χ4v) is 3.90. The quantitative estimate of drug-likeness (QED) is 0.832. The van der Waals surface area contributed by atoms with Crippen molar-refractivity contribution in [2.45, 2.75) is 52.1 Å². The summed E-state index contributed by atoms with van der Waals surface area (Å²) in [6, 6.07) is 2.11. The van der Waals surface area contributed by atoms with Gasteiger partial charge in [0.05, 0.1) is 6.10 Å². The summed E-state index contributed by atoms with van der Waals surface area (Å²) in [5.74, 6) is 1.34. The predicted molar refractivity (Wildman–Crippen MR) is 69.8 cm³/mol. The molecule has 0 saturated heterocycles. The smallest absolute Gasteiger partial charge is 0.0912 e. The van der Waals surface area contributed by atoms with Gasteiger partial charge in [0.15, 0.2) is 0 Å². The van der Waals surface area contributed by atoms with Gasteiger partial charge >= 0.3 is 0 Å². The van der Waals surface area contributed by atoms with E-state index in [1.54, 1.807) is 11.3 Å². The SMILES string of the molecule is CCC1CCCC(C(O)c2sccc2C)C1. The molecule has 16 heavy (non-hydrogen) atoms. The zero-order valence-electron chi connectivity index (χ0n) is 10.3. The number of hydrogen-bond acceptors (Lipinski definition) is 2. The molecule has 3 atom stereocenters. The standard InChI is InChI=1S/C14H22OS/c1-3-11-5-4-6-12(9-11)13(15)14-10(2)7-8-16-14/h7-8,11-13,15H,3-6,9H2,1-2H3. The molecule has 1 aliphatic carbocycles. The molecule has 1 saturated carbocycles. The number of aliphatic hydroxyl groups excluding tert-OH is 1. The Labute approximate surface area is 103 Å². The van der Waals surface area contributed by atoms with Crippen LogP contribution in [0.4, 0.5) is 0 Å². The fourth-order valence-electron chi connectivity index (χ4n) is 2.89. The first-order chi connectivity index (χ1) is 7.72. The van der Waals surface area contributed by atoms with Crippen molar-refractivity contribution >= 4 is 11.3 Å². The highest BCUT2D eigenvalue weighted by Gasteiger charge is 2.28.